The van der Waals surface area contributed by atoms with E-state index >= 15 is 0 Å². The molecule has 0 aliphatic carbocycles. The van der Waals surface area contributed by atoms with Crippen molar-refractivity contribution < 1.29 is 0 Å². The van der Waals surface area contributed by atoms with E-state index in [0.717, 1.165) is 6.42 Å². The van der Waals surface area contributed by atoms with Crippen LogP contribution in [0.3, 0.4) is 0 Å². The Kier molecular flexibility index (Phi) is 4.67. The van der Waals surface area contributed by atoms with Crippen LogP contribution < -0.4 is 5.73 Å². The summed E-state index contributed by atoms with van der Waals surface area (Å²) >= 11 is 1.85. The highest BCUT2D eigenvalue weighted by molar-refractivity contribution is 7.98. The van der Waals surface area contributed by atoms with Crippen molar-refractivity contribution in [3.63, 3.8) is 0 Å². The maximum atomic E-state index is 5.47. The molecule has 0 spiro atoms. The van der Waals surface area contributed by atoms with E-state index in [9.17, 15) is 0 Å². The Morgan fingerprint density at radius 2 is 2.29 bits per heavy atom. The quantitative estimate of drug-likeness (QED) is 0.601. The van der Waals surface area contributed by atoms with Gasteiger partial charge in [0, 0.05) is 6.04 Å². The standard InChI is InChI=1S/C5H13NS/c1-5(6)3-4-7-2/h5H,3-4,6H2,1-2H3/t5-/m0/s1. The minimum absolute atomic E-state index is 0.382. The molecule has 0 radical (unpaired) electrons. The molecule has 0 aromatic rings. The van der Waals surface area contributed by atoms with Crippen LogP contribution in [0.5, 0.6) is 0 Å². The molecule has 1 nitrogen and oxygen atoms in total. The van der Waals surface area contributed by atoms with Gasteiger partial charge >= 0.3 is 0 Å². The van der Waals surface area contributed by atoms with Gasteiger partial charge in [-0.15, -0.1) is 0 Å². The van der Waals surface area contributed by atoms with Crippen molar-refractivity contribution in [2.75, 3.05) is 12.0 Å². The summed E-state index contributed by atoms with van der Waals surface area (Å²) in [5, 5.41) is 0. The maximum Gasteiger partial charge on any atom is 0.00183 e. The highest BCUT2D eigenvalue weighted by Crippen LogP contribution is 1.96. The first-order valence-electron chi connectivity index (χ1n) is 2.52. The van der Waals surface area contributed by atoms with E-state index in [1.807, 2.05) is 18.7 Å². The van der Waals surface area contributed by atoms with Gasteiger partial charge in [-0.1, -0.05) is 0 Å². The van der Waals surface area contributed by atoms with Gasteiger partial charge in [-0.3, -0.25) is 0 Å². The SMILES string of the molecule is CSCC[C@H](C)N. The predicted molar refractivity (Wildman–Crippen MR) is 36.6 cm³/mol. The van der Waals surface area contributed by atoms with E-state index < -0.39 is 0 Å². The van der Waals surface area contributed by atoms with Crippen LogP contribution in [0.25, 0.3) is 0 Å². The molecule has 0 saturated carbocycles. The molecule has 0 rings (SSSR count). The highest BCUT2D eigenvalue weighted by Gasteiger charge is 1.89. The van der Waals surface area contributed by atoms with Crippen LogP contribution in [0.2, 0.25) is 0 Å². The number of rotatable bonds is 3. The van der Waals surface area contributed by atoms with E-state index in [1.54, 1.807) is 0 Å². The fourth-order valence-corrected chi connectivity index (χ4v) is 0.911. The minimum Gasteiger partial charge on any atom is -0.328 e. The second kappa shape index (κ2) is 4.47. The molecule has 0 aromatic heterocycles. The summed E-state index contributed by atoms with van der Waals surface area (Å²) in [5.74, 6) is 1.19. The summed E-state index contributed by atoms with van der Waals surface area (Å²) in [4.78, 5) is 0. The van der Waals surface area contributed by atoms with Crippen molar-refractivity contribution in [2.24, 2.45) is 5.73 Å². The number of hydrogen-bond donors (Lipinski definition) is 1. The lowest BCUT2D eigenvalue weighted by molar-refractivity contribution is 0.722. The van der Waals surface area contributed by atoms with Crippen LogP contribution in [0, 0.1) is 0 Å². The summed E-state index contributed by atoms with van der Waals surface area (Å²) in [6, 6.07) is 0.382. The fourth-order valence-electron chi connectivity index (χ4n) is 0.304. The average molecular weight is 119 g/mol. The summed E-state index contributed by atoms with van der Waals surface area (Å²) in [7, 11) is 0. The fraction of sp³-hybridized carbons (Fsp3) is 1.00. The van der Waals surface area contributed by atoms with Crippen molar-refractivity contribution >= 4 is 11.8 Å². The molecule has 44 valence electrons. The van der Waals surface area contributed by atoms with E-state index in [0.29, 0.717) is 6.04 Å². The molecule has 2 heteroatoms. The van der Waals surface area contributed by atoms with Gasteiger partial charge in [-0.2, -0.15) is 11.8 Å². The van der Waals surface area contributed by atoms with Gasteiger partial charge in [-0.05, 0) is 25.4 Å². The largest absolute Gasteiger partial charge is 0.328 e. The normalized spacial score (nSPS) is 14.1. The first-order valence-corrected chi connectivity index (χ1v) is 3.91. The van der Waals surface area contributed by atoms with Crippen molar-refractivity contribution in [1.29, 1.82) is 0 Å². The Hall–Kier alpha value is 0.310. The Morgan fingerprint density at radius 1 is 1.71 bits per heavy atom. The van der Waals surface area contributed by atoms with Crippen molar-refractivity contribution in [1.82, 2.24) is 0 Å². The van der Waals surface area contributed by atoms with Crippen LogP contribution in [-0.2, 0) is 0 Å². The topological polar surface area (TPSA) is 26.0 Å². The van der Waals surface area contributed by atoms with E-state index in [2.05, 4.69) is 6.26 Å². The molecular weight excluding hydrogens is 106 g/mol. The average Bonchev–Trinajstić information content (AvgIpc) is 1.61. The van der Waals surface area contributed by atoms with Gasteiger partial charge in [-0.25, -0.2) is 0 Å². The monoisotopic (exact) mass is 119 g/mol. The lowest BCUT2D eigenvalue weighted by Gasteiger charge is -1.99. The molecule has 0 aromatic carbocycles. The molecule has 0 aliphatic heterocycles. The zero-order valence-corrected chi connectivity index (χ0v) is 5.79. The Morgan fingerprint density at radius 3 is 2.43 bits per heavy atom. The predicted octanol–water partition coefficient (Wildman–Crippen LogP) is 1.09. The minimum atomic E-state index is 0.382. The zero-order valence-electron chi connectivity index (χ0n) is 4.98. The lowest BCUT2D eigenvalue weighted by atomic mass is 10.3. The Balaban J connectivity index is 2.68. The Bertz CT molecular complexity index is 37.1. The van der Waals surface area contributed by atoms with E-state index in [4.69, 9.17) is 5.73 Å². The molecular formula is C5H13NS. The Labute approximate surface area is 49.7 Å². The van der Waals surface area contributed by atoms with Gasteiger partial charge in [0.2, 0.25) is 0 Å². The van der Waals surface area contributed by atoms with Crippen LogP contribution in [0.1, 0.15) is 13.3 Å². The van der Waals surface area contributed by atoms with Crippen molar-refractivity contribution in [2.45, 2.75) is 19.4 Å². The third-order valence-electron chi connectivity index (χ3n) is 0.777. The van der Waals surface area contributed by atoms with Gasteiger partial charge < -0.3 is 5.73 Å². The third kappa shape index (κ3) is 6.31. The van der Waals surface area contributed by atoms with Crippen LogP contribution in [-0.4, -0.2) is 18.1 Å². The number of thioether (sulfide) groups is 1. The second-order valence-corrected chi connectivity index (χ2v) is 2.74. The third-order valence-corrected chi connectivity index (χ3v) is 1.42. The molecule has 0 fully saturated rings. The second-order valence-electron chi connectivity index (χ2n) is 1.76. The molecule has 0 aliphatic rings. The molecule has 0 unspecified atom stereocenters. The van der Waals surface area contributed by atoms with Crippen LogP contribution in [0.15, 0.2) is 0 Å². The maximum absolute atomic E-state index is 5.47. The molecule has 1 atom stereocenters. The van der Waals surface area contributed by atoms with Crippen LogP contribution >= 0.6 is 11.8 Å². The molecule has 0 amide bonds. The molecule has 0 saturated heterocycles. The number of nitrogens with two attached hydrogens (primary N) is 1. The number of hydrogen-bond acceptors (Lipinski definition) is 2. The molecule has 0 bridgehead atoms. The highest BCUT2D eigenvalue weighted by atomic mass is 32.2. The van der Waals surface area contributed by atoms with Crippen molar-refractivity contribution in [3.05, 3.63) is 0 Å². The van der Waals surface area contributed by atoms with E-state index in [-0.39, 0.29) is 0 Å². The molecule has 7 heavy (non-hydrogen) atoms. The summed E-state index contributed by atoms with van der Waals surface area (Å²) < 4.78 is 0. The van der Waals surface area contributed by atoms with Gasteiger partial charge in [0.25, 0.3) is 0 Å². The zero-order chi connectivity index (χ0) is 5.70. The van der Waals surface area contributed by atoms with Crippen LogP contribution in [0.4, 0.5) is 0 Å². The molecule has 0 heterocycles. The van der Waals surface area contributed by atoms with Gasteiger partial charge in [0.05, 0.1) is 0 Å². The summed E-state index contributed by atoms with van der Waals surface area (Å²) in [5.41, 5.74) is 5.47. The smallest absolute Gasteiger partial charge is 0.00183 e. The van der Waals surface area contributed by atoms with Gasteiger partial charge in [0.1, 0.15) is 0 Å². The summed E-state index contributed by atoms with van der Waals surface area (Å²) in [6.07, 6.45) is 3.24. The van der Waals surface area contributed by atoms with Crippen molar-refractivity contribution in [3.8, 4) is 0 Å². The lowest BCUT2D eigenvalue weighted by Crippen LogP contribution is -2.14. The first kappa shape index (κ1) is 7.31. The van der Waals surface area contributed by atoms with Gasteiger partial charge in [0.15, 0.2) is 0 Å². The summed E-state index contributed by atoms with van der Waals surface area (Å²) in [6.45, 7) is 2.04. The first-order chi connectivity index (χ1) is 3.27. The molecule has 2 N–H and O–H groups in total. The van der Waals surface area contributed by atoms with E-state index in [1.165, 1.54) is 5.75 Å².